The fourth-order valence-corrected chi connectivity index (χ4v) is 2.61. The third kappa shape index (κ3) is 3.40. The summed E-state index contributed by atoms with van der Waals surface area (Å²) in [6, 6.07) is 0.437. The molecule has 0 saturated heterocycles. The first-order chi connectivity index (χ1) is 8.05. The van der Waals surface area contributed by atoms with E-state index in [0.29, 0.717) is 6.04 Å². The minimum absolute atomic E-state index is 0.229. The van der Waals surface area contributed by atoms with Crippen LogP contribution in [0.4, 0.5) is 0 Å². The second-order valence-electron chi connectivity index (χ2n) is 4.92. The van der Waals surface area contributed by atoms with Crippen LogP contribution in [0, 0.1) is 0 Å². The summed E-state index contributed by atoms with van der Waals surface area (Å²) >= 11 is 0. The molecule has 1 rings (SSSR count). The highest BCUT2D eigenvalue weighted by molar-refractivity contribution is 5.85. The van der Waals surface area contributed by atoms with Crippen molar-refractivity contribution >= 4 is 5.91 Å². The van der Waals surface area contributed by atoms with Crippen LogP contribution >= 0.6 is 0 Å². The Hall–Kier alpha value is -0.650. The maximum atomic E-state index is 11.5. The first-order valence-electron chi connectivity index (χ1n) is 6.23. The average molecular weight is 243 g/mol. The van der Waals surface area contributed by atoms with Crippen molar-refractivity contribution in [3.8, 4) is 0 Å². The van der Waals surface area contributed by atoms with Crippen LogP contribution in [0.2, 0.25) is 0 Å². The van der Waals surface area contributed by atoms with Gasteiger partial charge in [0.05, 0.1) is 5.54 Å². The Morgan fingerprint density at radius 3 is 2.82 bits per heavy atom. The van der Waals surface area contributed by atoms with E-state index in [2.05, 4.69) is 17.3 Å². The molecule has 1 fully saturated rings. The predicted molar refractivity (Wildman–Crippen MR) is 67.7 cm³/mol. The lowest BCUT2D eigenvalue weighted by molar-refractivity contribution is -0.124. The molecule has 0 spiro atoms. The molecule has 2 unspecified atom stereocenters. The molecule has 0 aliphatic heterocycles. The second kappa shape index (κ2) is 6.33. The molecule has 1 aliphatic rings. The van der Waals surface area contributed by atoms with Crippen LogP contribution in [0.25, 0.3) is 0 Å². The highest BCUT2D eigenvalue weighted by Gasteiger charge is 2.43. The second-order valence-corrected chi connectivity index (χ2v) is 4.92. The summed E-state index contributed by atoms with van der Waals surface area (Å²) in [5.41, 5.74) is 4.99. The number of hydrogen-bond donors (Lipinski definition) is 2. The van der Waals surface area contributed by atoms with Crippen LogP contribution < -0.4 is 11.1 Å². The lowest BCUT2D eigenvalue weighted by Gasteiger charge is -2.28. The van der Waals surface area contributed by atoms with Gasteiger partial charge in [0.25, 0.3) is 0 Å². The Labute approximate surface area is 104 Å². The summed E-state index contributed by atoms with van der Waals surface area (Å²) in [6.07, 6.45) is 3.68. The average Bonchev–Trinajstić information content (AvgIpc) is 2.75. The smallest absolute Gasteiger partial charge is 0.237 e. The van der Waals surface area contributed by atoms with Crippen molar-refractivity contribution in [2.75, 3.05) is 34.4 Å². The maximum absolute atomic E-state index is 11.5. The SMILES string of the molecule is CNC1(C(N)=O)CCC(N(C)CCCOC)C1. The molecule has 1 amide bonds. The zero-order valence-electron chi connectivity index (χ0n) is 11.2. The lowest BCUT2D eigenvalue weighted by atomic mass is 9.96. The molecule has 17 heavy (non-hydrogen) atoms. The minimum Gasteiger partial charge on any atom is -0.385 e. The van der Waals surface area contributed by atoms with Gasteiger partial charge in [0, 0.05) is 26.3 Å². The summed E-state index contributed by atoms with van der Waals surface area (Å²) in [4.78, 5) is 13.8. The van der Waals surface area contributed by atoms with Gasteiger partial charge in [-0.25, -0.2) is 0 Å². The van der Waals surface area contributed by atoms with Crippen LogP contribution in [0.1, 0.15) is 25.7 Å². The van der Waals surface area contributed by atoms with E-state index >= 15 is 0 Å². The molecule has 5 nitrogen and oxygen atoms in total. The summed E-state index contributed by atoms with van der Waals surface area (Å²) in [7, 11) is 5.64. The molecule has 2 atom stereocenters. The van der Waals surface area contributed by atoms with E-state index in [0.717, 1.165) is 38.8 Å². The van der Waals surface area contributed by atoms with Gasteiger partial charge in [0.2, 0.25) is 5.91 Å². The van der Waals surface area contributed by atoms with Crippen LogP contribution in [0.5, 0.6) is 0 Å². The van der Waals surface area contributed by atoms with Gasteiger partial charge in [-0.05, 0) is 39.8 Å². The number of nitrogens with two attached hydrogens (primary N) is 1. The number of ether oxygens (including phenoxy) is 1. The maximum Gasteiger partial charge on any atom is 0.237 e. The van der Waals surface area contributed by atoms with Gasteiger partial charge in [0.1, 0.15) is 0 Å². The highest BCUT2D eigenvalue weighted by atomic mass is 16.5. The molecule has 1 aliphatic carbocycles. The Morgan fingerprint density at radius 1 is 1.65 bits per heavy atom. The van der Waals surface area contributed by atoms with E-state index in [4.69, 9.17) is 10.5 Å². The molecule has 0 aromatic rings. The van der Waals surface area contributed by atoms with E-state index in [-0.39, 0.29) is 5.91 Å². The molecule has 0 bridgehead atoms. The van der Waals surface area contributed by atoms with E-state index in [1.807, 2.05) is 7.05 Å². The number of nitrogens with zero attached hydrogens (tertiary/aromatic N) is 1. The Bertz CT molecular complexity index is 260. The lowest BCUT2D eigenvalue weighted by Crippen LogP contribution is -2.53. The van der Waals surface area contributed by atoms with Crippen molar-refractivity contribution < 1.29 is 9.53 Å². The highest BCUT2D eigenvalue weighted by Crippen LogP contribution is 2.32. The van der Waals surface area contributed by atoms with Crippen molar-refractivity contribution in [1.82, 2.24) is 10.2 Å². The normalized spacial score (nSPS) is 28.8. The van der Waals surface area contributed by atoms with E-state index in [1.165, 1.54) is 0 Å². The summed E-state index contributed by atoms with van der Waals surface area (Å²) in [5.74, 6) is -0.229. The molecule has 0 aromatic heterocycles. The molecule has 0 radical (unpaired) electrons. The number of methoxy groups -OCH3 is 1. The largest absolute Gasteiger partial charge is 0.385 e. The van der Waals surface area contributed by atoms with Crippen molar-refractivity contribution in [2.45, 2.75) is 37.3 Å². The van der Waals surface area contributed by atoms with Gasteiger partial charge in [-0.15, -0.1) is 0 Å². The van der Waals surface area contributed by atoms with Crippen LogP contribution in [0.15, 0.2) is 0 Å². The Balaban J connectivity index is 2.45. The molecule has 0 aromatic carbocycles. The first kappa shape index (κ1) is 14.4. The predicted octanol–water partition coefficient (Wildman–Crippen LogP) is -0.0493. The first-order valence-corrected chi connectivity index (χ1v) is 6.23. The zero-order chi connectivity index (χ0) is 12.9. The topological polar surface area (TPSA) is 67.6 Å². The van der Waals surface area contributed by atoms with E-state index in [9.17, 15) is 4.79 Å². The quantitative estimate of drug-likeness (QED) is 0.615. The number of rotatable bonds is 7. The molecule has 1 saturated carbocycles. The summed E-state index contributed by atoms with van der Waals surface area (Å²) in [5, 5.41) is 3.10. The van der Waals surface area contributed by atoms with Gasteiger partial charge >= 0.3 is 0 Å². The number of hydrogen-bond acceptors (Lipinski definition) is 4. The zero-order valence-corrected chi connectivity index (χ0v) is 11.2. The van der Waals surface area contributed by atoms with Crippen molar-refractivity contribution in [3.05, 3.63) is 0 Å². The van der Waals surface area contributed by atoms with Crippen LogP contribution in [0.3, 0.4) is 0 Å². The minimum atomic E-state index is -0.500. The van der Waals surface area contributed by atoms with Crippen molar-refractivity contribution in [2.24, 2.45) is 5.73 Å². The number of amides is 1. The number of primary amides is 1. The van der Waals surface area contributed by atoms with Gasteiger partial charge in [-0.2, -0.15) is 0 Å². The fourth-order valence-electron chi connectivity index (χ4n) is 2.61. The van der Waals surface area contributed by atoms with E-state index in [1.54, 1.807) is 7.11 Å². The molecule has 3 N–H and O–H groups in total. The summed E-state index contributed by atoms with van der Waals surface area (Å²) < 4.78 is 5.04. The number of likely N-dealkylation sites (N-methyl/N-ethyl adjacent to an activating group) is 1. The third-order valence-electron chi connectivity index (χ3n) is 3.92. The number of carbonyl (C=O) groups excluding carboxylic acids is 1. The molecule has 100 valence electrons. The van der Waals surface area contributed by atoms with Crippen LogP contribution in [-0.4, -0.2) is 56.7 Å². The van der Waals surface area contributed by atoms with Crippen molar-refractivity contribution in [3.63, 3.8) is 0 Å². The third-order valence-corrected chi connectivity index (χ3v) is 3.92. The molecular formula is C12H25N3O2. The molecular weight excluding hydrogens is 218 g/mol. The Morgan fingerprint density at radius 2 is 2.35 bits per heavy atom. The fraction of sp³-hybridized carbons (Fsp3) is 0.917. The van der Waals surface area contributed by atoms with Crippen molar-refractivity contribution in [1.29, 1.82) is 0 Å². The Kier molecular flexibility index (Phi) is 5.36. The summed E-state index contributed by atoms with van der Waals surface area (Å²) in [6.45, 7) is 1.78. The van der Waals surface area contributed by atoms with Gasteiger partial charge in [-0.1, -0.05) is 0 Å². The molecule has 5 heteroatoms. The van der Waals surface area contributed by atoms with E-state index < -0.39 is 5.54 Å². The molecule has 0 heterocycles. The van der Waals surface area contributed by atoms with Gasteiger partial charge in [-0.3, -0.25) is 4.79 Å². The van der Waals surface area contributed by atoms with Gasteiger partial charge in [0.15, 0.2) is 0 Å². The van der Waals surface area contributed by atoms with Crippen LogP contribution in [-0.2, 0) is 9.53 Å². The monoisotopic (exact) mass is 243 g/mol. The number of nitrogens with one attached hydrogen (secondary N) is 1. The van der Waals surface area contributed by atoms with Gasteiger partial charge < -0.3 is 20.7 Å². The standard InChI is InChI=1S/C12H25N3O2/c1-14-12(11(13)16)6-5-10(9-12)15(2)7-4-8-17-3/h10,14H,4-9H2,1-3H3,(H2,13,16). The number of carbonyl (C=O) groups is 1.